The Morgan fingerprint density at radius 2 is 0.533 bits per heavy atom. The molecule has 0 unspecified atom stereocenters. The highest BCUT2D eigenvalue weighted by atomic mass is 79.9. The summed E-state index contributed by atoms with van der Waals surface area (Å²) in [6, 6.07) is 26.4. The summed E-state index contributed by atoms with van der Waals surface area (Å²) in [5, 5.41) is 0. The van der Waals surface area contributed by atoms with Gasteiger partial charge in [0.25, 0.3) is 0 Å². The van der Waals surface area contributed by atoms with Crippen molar-refractivity contribution in [3.05, 3.63) is 113 Å². The molecule has 0 bridgehead atoms. The number of hydrogen-bond donors (Lipinski definition) is 0. The molecule has 2 aliphatic carbocycles. The van der Waals surface area contributed by atoms with Crippen molar-refractivity contribution in [2.75, 3.05) is 0 Å². The lowest BCUT2D eigenvalue weighted by molar-refractivity contribution is 1.59. The summed E-state index contributed by atoms with van der Waals surface area (Å²) in [4.78, 5) is 0. The Bertz CT molecular complexity index is 1210. The second kappa shape index (κ2) is 7.03. The molecule has 0 aromatic heterocycles. The standard InChI is InChI=1S/C26H12Br4/c27-13-1-5-17-21(9-13)22-10-14(28)2-6-18(22)25(17)26-19-7-3-15(29)11-23(19)24-12-16(30)4-8-20(24)26/h1-12H. The average molecular weight is 644 g/mol. The van der Waals surface area contributed by atoms with Crippen LogP contribution in [0.15, 0.2) is 90.7 Å². The van der Waals surface area contributed by atoms with Gasteiger partial charge in [0.2, 0.25) is 0 Å². The lowest BCUT2D eigenvalue weighted by Gasteiger charge is -2.12. The molecule has 0 amide bonds. The maximum atomic E-state index is 3.67. The van der Waals surface area contributed by atoms with E-state index in [1.165, 1.54) is 55.7 Å². The Labute approximate surface area is 208 Å². The average Bonchev–Trinajstić information content (AvgIpc) is 3.19. The van der Waals surface area contributed by atoms with E-state index in [9.17, 15) is 0 Å². The highest BCUT2D eigenvalue weighted by molar-refractivity contribution is 9.11. The van der Waals surface area contributed by atoms with E-state index < -0.39 is 0 Å². The van der Waals surface area contributed by atoms with Gasteiger partial charge >= 0.3 is 0 Å². The summed E-state index contributed by atoms with van der Waals surface area (Å²) in [7, 11) is 0. The maximum Gasteiger partial charge on any atom is 0.0181 e. The van der Waals surface area contributed by atoms with Gasteiger partial charge in [-0.2, -0.15) is 0 Å². The van der Waals surface area contributed by atoms with Gasteiger partial charge in [-0.1, -0.05) is 88.0 Å². The quantitative estimate of drug-likeness (QED) is 0.155. The fraction of sp³-hybridized carbons (Fsp3) is 0. The third-order valence-corrected chi connectivity index (χ3v) is 7.81. The van der Waals surface area contributed by atoms with Gasteiger partial charge in [-0.3, -0.25) is 0 Å². The smallest absolute Gasteiger partial charge is 0.0181 e. The van der Waals surface area contributed by atoms with Crippen molar-refractivity contribution in [3.8, 4) is 22.3 Å². The molecule has 0 radical (unpaired) electrons. The molecule has 2 aliphatic rings. The van der Waals surface area contributed by atoms with Crippen molar-refractivity contribution in [2.45, 2.75) is 0 Å². The van der Waals surface area contributed by atoms with E-state index in [4.69, 9.17) is 0 Å². The van der Waals surface area contributed by atoms with Crippen LogP contribution in [0.25, 0.3) is 33.4 Å². The number of fused-ring (bicyclic) bond motifs is 6. The van der Waals surface area contributed by atoms with Crippen molar-refractivity contribution in [3.63, 3.8) is 0 Å². The molecule has 0 saturated heterocycles. The summed E-state index contributed by atoms with van der Waals surface area (Å²) in [6.07, 6.45) is 0. The van der Waals surface area contributed by atoms with E-state index in [1.54, 1.807) is 0 Å². The summed E-state index contributed by atoms with van der Waals surface area (Å²) in [5.74, 6) is 0. The lowest BCUT2D eigenvalue weighted by atomic mass is 9.92. The SMILES string of the molecule is Brc1ccc2c(c1)-c1cc(Br)ccc1C2=C1c2ccc(Br)cc2-c2cc(Br)ccc21. The Hall–Kier alpha value is -1.46. The first kappa shape index (κ1) is 19.2. The first-order chi connectivity index (χ1) is 14.5. The van der Waals surface area contributed by atoms with Crippen molar-refractivity contribution in [2.24, 2.45) is 0 Å². The van der Waals surface area contributed by atoms with Gasteiger partial charge in [0.1, 0.15) is 0 Å². The van der Waals surface area contributed by atoms with Gasteiger partial charge in [0.15, 0.2) is 0 Å². The van der Waals surface area contributed by atoms with Gasteiger partial charge in [-0.25, -0.2) is 0 Å². The second-order valence-corrected chi connectivity index (χ2v) is 11.2. The fourth-order valence-corrected chi connectivity index (χ4v) is 6.10. The van der Waals surface area contributed by atoms with Crippen LogP contribution in [-0.2, 0) is 0 Å². The molecule has 0 aliphatic heterocycles. The summed E-state index contributed by atoms with van der Waals surface area (Å²) >= 11 is 14.7. The largest absolute Gasteiger partial charge is 0.0526 e. The van der Waals surface area contributed by atoms with Crippen molar-refractivity contribution in [1.82, 2.24) is 0 Å². The summed E-state index contributed by atoms with van der Waals surface area (Å²) in [5.41, 5.74) is 12.8. The zero-order valence-corrected chi connectivity index (χ0v) is 21.8. The molecule has 0 heterocycles. The lowest BCUT2D eigenvalue weighted by Crippen LogP contribution is -1.91. The third-order valence-electron chi connectivity index (χ3n) is 5.83. The van der Waals surface area contributed by atoms with Crippen LogP contribution in [0.4, 0.5) is 0 Å². The van der Waals surface area contributed by atoms with Gasteiger partial charge in [-0.15, -0.1) is 0 Å². The number of rotatable bonds is 0. The van der Waals surface area contributed by atoms with Gasteiger partial charge in [0.05, 0.1) is 0 Å². The molecule has 0 saturated carbocycles. The van der Waals surface area contributed by atoms with Crippen LogP contribution in [0.3, 0.4) is 0 Å². The van der Waals surface area contributed by atoms with Crippen LogP contribution in [0.2, 0.25) is 0 Å². The van der Waals surface area contributed by atoms with Gasteiger partial charge < -0.3 is 0 Å². The van der Waals surface area contributed by atoms with Crippen molar-refractivity contribution >= 4 is 74.9 Å². The van der Waals surface area contributed by atoms with E-state index in [0.717, 1.165) is 17.9 Å². The first-order valence-electron chi connectivity index (χ1n) is 9.46. The first-order valence-corrected chi connectivity index (χ1v) is 12.6. The Morgan fingerprint density at radius 3 is 0.767 bits per heavy atom. The second-order valence-electron chi connectivity index (χ2n) is 7.51. The molecule has 0 spiro atoms. The molecule has 6 rings (SSSR count). The minimum Gasteiger partial charge on any atom is -0.0526 e. The topological polar surface area (TPSA) is 0 Å². The molecule has 4 aromatic rings. The predicted molar refractivity (Wildman–Crippen MR) is 140 cm³/mol. The number of benzene rings is 4. The molecule has 0 fully saturated rings. The van der Waals surface area contributed by atoms with Crippen LogP contribution in [0.5, 0.6) is 0 Å². The summed E-state index contributed by atoms with van der Waals surface area (Å²) in [6.45, 7) is 0. The fourth-order valence-electron chi connectivity index (χ4n) is 4.66. The highest BCUT2D eigenvalue weighted by Crippen LogP contribution is 2.55. The Morgan fingerprint density at radius 1 is 0.300 bits per heavy atom. The minimum absolute atomic E-state index is 1.10. The molecule has 30 heavy (non-hydrogen) atoms. The molecule has 4 heteroatoms. The highest BCUT2D eigenvalue weighted by Gasteiger charge is 2.32. The number of hydrogen-bond acceptors (Lipinski definition) is 0. The molecule has 0 N–H and O–H groups in total. The van der Waals surface area contributed by atoms with Crippen LogP contribution in [0.1, 0.15) is 22.3 Å². The number of halogens is 4. The van der Waals surface area contributed by atoms with E-state index in [2.05, 4.69) is 137 Å². The van der Waals surface area contributed by atoms with E-state index in [-0.39, 0.29) is 0 Å². The van der Waals surface area contributed by atoms with Gasteiger partial charge in [-0.05, 0) is 104 Å². The Kier molecular flexibility index (Phi) is 4.51. The van der Waals surface area contributed by atoms with E-state index >= 15 is 0 Å². The van der Waals surface area contributed by atoms with Crippen molar-refractivity contribution in [1.29, 1.82) is 0 Å². The zero-order valence-electron chi connectivity index (χ0n) is 15.4. The van der Waals surface area contributed by atoms with Crippen LogP contribution < -0.4 is 0 Å². The molecule has 0 nitrogen and oxygen atoms in total. The molecular weight excluding hydrogens is 632 g/mol. The van der Waals surface area contributed by atoms with Crippen molar-refractivity contribution < 1.29 is 0 Å². The Balaban J connectivity index is 1.79. The van der Waals surface area contributed by atoms with Crippen LogP contribution in [0, 0.1) is 0 Å². The molecule has 4 aromatic carbocycles. The van der Waals surface area contributed by atoms with Crippen LogP contribution >= 0.6 is 63.7 Å². The van der Waals surface area contributed by atoms with Gasteiger partial charge in [0, 0.05) is 17.9 Å². The summed E-state index contributed by atoms with van der Waals surface area (Å²) < 4.78 is 4.38. The minimum atomic E-state index is 1.10. The monoisotopic (exact) mass is 640 g/mol. The van der Waals surface area contributed by atoms with E-state index in [0.29, 0.717) is 0 Å². The van der Waals surface area contributed by atoms with Crippen LogP contribution in [-0.4, -0.2) is 0 Å². The molecule has 144 valence electrons. The zero-order chi connectivity index (χ0) is 20.6. The van der Waals surface area contributed by atoms with E-state index in [1.807, 2.05) is 0 Å². The molecule has 0 atom stereocenters. The predicted octanol–water partition coefficient (Wildman–Crippen LogP) is 9.70. The third kappa shape index (κ3) is 2.81. The maximum absolute atomic E-state index is 3.67. The normalized spacial score (nSPS) is 13.2. The molecular formula is C26H12Br4.